The van der Waals surface area contributed by atoms with Crippen molar-refractivity contribution in [2.75, 3.05) is 17.2 Å². The van der Waals surface area contributed by atoms with E-state index in [1.807, 2.05) is 12.1 Å². The third kappa shape index (κ3) is 3.29. The lowest BCUT2D eigenvalue weighted by Gasteiger charge is -2.25. The number of benzene rings is 2. The predicted octanol–water partition coefficient (Wildman–Crippen LogP) is 4.37. The van der Waals surface area contributed by atoms with Crippen LogP contribution in [-0.2, 0) is 6.54 Å². The number of anilines is 2. The van der Waals surface area contributed by atoms with Crippen LogP contribution in [0.2, 0.25) is 0 Å². The van der Waals surface area contributed by atoms with Gasteiger partial charge >= 0.3 is 0 Å². The molecule has 0 unspecified atom stereocenters. The summed E-state index contributed by atoms with van der Waals surface area (Å²) < 4.78 is 1.04. The van der Waals surface area contributed by atoms with Crippen molar-refractivity contribution in [1.29, 1.82) is 0 Å². The van der Waals surface area contributed by atoms with Crippen LogP contribution in [0.4, 0.5) is 11.4 Å². The molecule has 0 amide bonds. The Morgan fingerprint density at radius 3 is 2.53 bits per heavy atom. The van der Waals surface area contributed by atoms with E-state index in [-0.39, 0.29) is 0 Å². The molecule has 0 bridgehead atoms. The Kier molecular flexibility index (Phi) is 4.48. The van der Waals surface area contributed by atoms with E-state index >= 15 is 0 Å². The first-order chi connectivity index (χ1) is 9.11. The lowest BCUT2D eigenvalue weighted by molar-refractivity contribution is 0.825. The number of aryl methyl sites for hydroxylation is 1. The van der Waals surface area contributed by atoms with E-state index in [9.17, 15) is 0 Å². The molecule has 0 spiro atoms. The Morgan fingerprint density at radius 1 is 1.16 bits per heavy atom. The van der Waals surface area contributed by atoms with Gasteiger partial charge in [0.2, 0.25) is 0 Å². The summed E-state index contributed by atoms with van der Waals surface area (Å²) in [5.74, 6) is 0. The Labute approximate surface area is 123 Å². The smallest absolute Gasteiger partial charge is 0.0515 e. The lowest BCUT2D eigenvalue weighted by atomic mass is 10.1. The molecule has 2 aromatic carbocycles. The molecule has 2 nitrogen and oxygen atoms in total. The molecule has 2 aromatic rings. The summed E-state index contributed by atoms with van der Waals surface area (Å²) in [6.07, 6.45) is 0. The van der Waals surface area contributed by atoms with E-state index < -0.39 is 0 Å². The zero-order chi connectivity index (χ0) is 13.8. The molecule has 0 aromatic heterocycles. The molecule has 0 atom stereocenters. The molecule has 0 fully saturated rings. The van der Waals surface area contributed by atoms with Crippen molar-refractivity contribution in [3.8, 4) is 0 Å². The second kappa shape index (κ2) is 6.11. The van der Waals surface area contributed by atoms with Gasteiger partial charge in [0.1, 0.15) is 0 Å². The number of hydrogen-bond acceptors (Lipinski definition) is 2. The Hall–Kier alpha value is -1.48. The van der Waals surface area contributed by atoms with E-state index in [1.165, 1.54) is 16.8 Å². The van der Waals surface area contributed by atoms with Crippen molar-refractivity contribution in [3.05, 3.63) is 58.1 Å². The topological polar surface area (TPSA) is 29.3 Å². The van der Waals surface area contributed by atoms with Crippen molar-refractivity contribution in [2.45, 2.75) is 20.4 Å². The van der Waals surface area contributed by atoms with Crippen LogP contribution in [0.3, 0.4) is 0 Å². The summed E-state index contributed by atoms with van der Waals surface area (Å²) in [4.78, 5) is 2.34. The van der Waals surface area contributed by atoms with Crippen molar-refractivity contribution in [2.24, 2.45) is 0 Å². The normalized spacial score (nSPS) is 10.5. The molecule has 2 N–H and O–H groups in total. The van der Waals surface area contributed by atoms with Gasteiger partial charge in [-0.25, -0.2) is 0 Å². The highest BCUT2D eigenvalue weighted by Crippen LogP contribution is 2.29. The zero-order valence-electron chi connectivity index (χ0n) is 11.4. The summed E-state index contributed by atoms with van der Waals surface area (Å²) in [5.41, 5.74) is 10.4. The SMILES string of the molecule is CCN(Cc1ccccc1C)c1ccc(N)cc1Br. The van der Waals surface area contributed by atoms with Crippen molar-refractivity contribution < 1.29 is 0 Å². The second-order valence-electron chi connectivity index (χ2n) is 4.65. The van der Waals surface area contributed by atoms with Crippen LogP contribution >= 0.6 is 15.9 Å². The summed E-state index contributed by atoms with van der Waals surface area (Å²) in [6.45, 7) is 6.19. The first-order valence-corrected chi connectivity index (χ1v) is 7.25. The summed E-state index contributed by atoms with van der Waals surface area (Å²) in [7, 11) is 0. The number of nitrogen functional groups attached to an aromatic ring is 1. The van der Waals surface area contributed by atoms with Crippen molar-refractivity contribution in [3.63, 3.8) is 0 Å². The van der Waals surface area contributed by atoms with Crippen LogP contribution in [0, 0.1) is 6.92 Å². The predicted molar refractivity (Wildman–Crippen MR) is 86.5 cm³/mol. The first kappa shape index (κ1) is 13.9. The van der Waals surface area contributed by atoms with Gasteiger partial charge in [-0.05, 0) is 59.1 Å². The maximum Gasteiger partial charge on any atom is 0.0515 e. The largest absolute Gasteiger partial charge is 0.399 e. The maximum absolute atomic E-state index is 5.80. The summed E-state index contributed by atoms with van der Waals surface area (Å²) in [5, 5.41) is 0. The number of hydrogen-bond donors (Lipinski definition) is 1. The average molecular weight is 319 g/mol. The van der Waals surface area contributed by atoms with E-state index in [2.05, 4.69) is 65.0 Å². The van der Waals surface area contributed by atoms with Gasteiger partial charge in [0.25, 0.3) is 0 Å². The highest BCUT2D eigenvalue weighted by molar-refractivity contribution is 9.10. The van der Waals surface area contributed by atoms with Gasteiger partial charge in [0.15, 0.2) is 0 Å². The van der Waals surface area contributed by atoms with Crippen LogP contribution in [0.25, 0.3) is 0 Å². The van der Waals surface area contributed by atoms with Crippen molar-refractivity contribution in [1.82, 2.24) is 0 Å². The Bertz CT molecular complexity index is 566. The molecule has 0 saturated heterocycles. The third-order valence-electron chi connectivity index (χ3n) is 3.32. The fourth-order valence-electron chi connectivity index (χ4n) is 2.14. The van der Waals surface area contributed by atoms with Gasteiger partial charge in [-0.1, -0.05) is 24.3 Å². The second-order valence-corrected chi connectivity index (χ2v) is 5.51. The zero-order valence-corrected chi connectivity index (χ0v) is 12.9. The number of rotatable bonds is 4. The summed E-state index contributed by atoms with van der Waals surface area (Å²) in [6, 6.07) is 14.5. The van der Waals surface area contributed by atoms with Gasteiger partial charge < -0.3 is 10.6 Å². The number of halogens is 1. The van der Waals surface area contributed by atoms with Crippen molar-refractivity contribution >= 4 is 27.3 Å². The van der Waals surface area contributed by atoms with Crippen LogP contribution in [0.1, 0.15) is 18.1 Å². The average Bonchev–Trinajstić information content (AvgIpc) is 2.39. The molecule has 0 radical (unpaired) electrons. The quantitative estimate of drug-likeness (QED) is 0.848. The fraction of sp³-hybridized carbons (Fsp3) is 0.250. The molecule has 0 heterocycles. The monoisotopic (exact) mass is 318 g/mol. The summed E-state index contributed by atoms with van der Waals surface area (Å²) >= 11 is 3.60. The van der Waals surface area contributed by atoms with Crippen LogP contribution in [-0.4, -0.2) is 6.54 Å². The van der Waals surface area contributed by atoms with Crippen LogP contribution in [0.15, 0.2) is 46.9 Å². The highest BCUT2D eigenvalue weighted by Gasteiger charge is 2.10. The number of nitrogens with zero attached hydrogens (tertiary/aromatic N) is 1. The van der Waals surface area contributed by atoms with E-state index in [0.29, 0.717) is 0 Å². The van der Waals surface area contributed by atoms with Crippen LogP contribution < -0.4 is 10.6 Å². The molecule has 0 saturated carbocycles. The Morgan fingerprint density at radius 2 is 1.89 bits per heavy atom. The van der Waals surface area contributed by atoms with Crippen LogP contribution in [0.5, 0.6) is 0 Å². The van der Waals surface area contributed by atoms with Gasteiger partial charge in [-0.15, -0.1) is 0 Å². The molecular formula is C16H19BrN2. The number of nitrogens with two attached hydrogens (primary N) is 1. The lowest BCUT2D eigenvalue weighted by Crippen LogP contribution is -2.22. The molecule has 0 aliphatic carbocycles. The third-order valence-corrected chi connectivity index (χ3v) is 3.95. The van der Waals surface area contributed by atoms with E-state index in [0.717, 1.165) is 23.2 Å². The highest BCUT2D eigenvalue weighted by atomic mass is 79.9. The van der Waals surface area contributed by atoms with Gasteiger partial charge in [-0.2, -0.15) is 0 Å². The standard InChI is InChI=1S/C16H19BrN2/c1-3-19(11-13-7-5-4-6-12(13)2)16-9-8-14(18)10-15(16)17/h4-10H,3,11,18H2,1-2H3. The Balaban J connectivity index is 2.28. The molecule has 0 aliphatic heterocycles. The van der Waals surface area contributed by atoms with Gasteiger partial charge in [0.05, 0.1) is 5.69 Å². The minimum Gasteiger partial charge on any atom is -0.399 e. The van der Waals surface area contributed by atoms with E-state index in [1.54, 1.807) is 0 Å². The molecule has 2 rings (SSSR count). The molecular weight excluding hydrogens is 300 g/mol. The minimum atomic E-state index is 0.780. The fourth-order valence-corrected chi connectivity index (χ4v) is 2.79. The van der Waals surface area contributed by atoms with Gasteiger partial charge in [-0.3, -0.25) is 0 Å². The van der Waals surface area contributed by atoms with E-state index in [4.69, 9.17) is 5.73 Å². The first-order valence-electron chi connectivity index (χ1n) is 6.46. The molecule has 19 heavy (non-hydrogen) atoms. The van der Waals surface area contributed by atoms with Gasteiger partial charge in [0, 0.05) is 23.2 Å². The minimum absolute atomic E-state index is 0.780. The maximum atomic E-state index is 5.80. The molecule has 100 valence electrons. The molecule has 3 heteroatoms. The molecule has 0 aliphatic rings.